The molecule has 1 N–H and O–H groups in total. The molecule has 0 bridgehead atoms. The van der Waals surface area contributed by atoms with Gasteiger partial charge in [0.2, 0.25) is 11.8 Å². The molecule has 1 atom stereocenters. The van der Waals surface area contributed by atoms with Gasteiger partial charge < -0.3 is 15.0 Å². The molecule has 0 aromatic heterocycles. The number of carbonyl (C=O) groups is 2. The number of hydrogen-bond acceptors (Lipinski definition) is 3. The zero-order chi connectivity index (χ0) is 19.8. The van der Waals surface area contributed by atoms with Crippen LogP contribution in [0.2, 0.25) is 0 Å². The van der Waals surface area contributed by atoms with Gasteiger partial charge in [-0.05, 0) is 36.6 Å². The largest absolute Gasteiger partial charge is 0.497 e. The lowest BCUT2D eigenvalue weighted by Gasteiger charge is -2.30. The summed E-state index contributed by atoms with van der Waals surface area (Å²) in [5.41, 5.74) is 3.02. The van der Waals surface area contributed by atoms with E-state index in [1.807, 2.05) is 62.4 Å². The summed E-state index contributed by atoms with van der Waals surface area (Å²) in [5, 5.41) is 2.68. The molecule has 2 aromatic carbocycles. The number of benzene rings is 2. The Morgan fingerprint density at radius 3 is 2.37 bits per heavy atom. The lowest BCUT2D eigenvalue weighted by Crippen LogP contribution is -2.48. The van der Waals surface area contributed by atoms with Gasteiger partial charge in [-0.3, -0.25) is 9.59 Å². The maximum absolute atomic E-state index is 13.1. The maximum Gasteiger partial charge on any atom is 0.242 e. The van der Waals surface area contributed by atoms with E-state index < -0.39 is 6.04 Å². The standard InChI is InChI=1S/C22H28N2O3/c1-5-20(22(26)23-3)24(15-17-9-11-19(27-4)12-10-17)21(25)14-18-8-6-7-16(2)13-18/h6-13,20H,5,14-15H2,1-4H3,(H,23,26)/t20-/m0/s1. The van der Waals surface area contributed by atoms with E-state index in [0.29, 0.717) is 13.0 Å². The highest BCUT2D eigenvalue weighted by Crippen LogP contribution is 2.17. The fourth-order valence-corrected chi connectivity index (χ4v) is 3.11. The summed E-state index contributed by atoms with van der Waals surface area (Å²) < 4.78 is 5.19. The molecule has 2 amide bonds. The Morgan fingerprint density at radius 1 is 1.11 bits per heavy atom. The minimum atomic E-state index is -0.505. The zero-order valence-electron chi connectivity index (χ0n) is 16.5. The highest BCUT2D eigenvalue weighted by Gasteiger charge is 2.28. The quantitative estimate of drug-likeness (QED) is 0.779. The molecule has 2 rings (SSSR count). The molecule has 0 aliphatic rings. The first-order valence-corrected chi connectivity index (χ1v) is 9.18. The highest BCUT2D eigenvalue weighted by atomic mass is 16.5. The Hall–Kier alpha value is -2.82. The van der Waals surface area contributed by atoms with E-state index in [4.69, 9.17) is 4.74 Å². The SMILES string of the molecule is CC[C@@H](C(=O)NC)N(Cc1ccc(OC)cc1)C(=O)Cc1cccc(C)c1. The molecule has 0 radical (unpaired) electrons. The molecule has 27 heavy (non-hydrogen) atoms. The first-order valence-electron chi connectivity index (χ1n) is 9.18. The van der Waals surface area contributed by atoms with Crippen LogP contribution in [0.15, 0.2) is 48.5 Å². The summed E-state index contributed by atoms with van der Waals surface area (Å²) in [6, 6.07) is 14.9. The monoisotopic (exact) mass is 368 g/mol. The van der Waals surface area contributed by atoms with Crippen LogP contribution in [-0.4, -0.2) is 36.9 Å². The summed E-state index contributed by atoms with van der Waals surface area (Å²) in [4.78, 5) is 27.1. The van der Waals surface area contributed by atoms with Crippen molar-refractivity contribution in [3.8, 4) is 5.75 Å². The molecule has 0 saturated carbocycles. The van der Waals surface area contributed by atoms with Crippen molar-refractivity contribution >= 4 is 11.8 Å². The van der Waals surface area contributed by atoms with Crippen molar-refractivity contribution in [3.63, 3.8) is 0 Å². The van der Waals surface area contributed by atoms with E-state index in [1.54, 1.807) is 19.1 Å². The van der Waals surface area contributed by atoms with Gasteiger partial charge in [-0.2, -0.15) is 0 Å². The molecule has 2 aromatic rings. The summed E-state index contributed by atoms with van der Waals surface area (Å²) >= 11 is 0. The van der Waals surface area contributed by atoms with Crippen LogP contribution in [0.5, 0.6) is 5.75 Å². The van der Waals surface area contributed by atoms with E-state index in [1.165, 1.54) is 0 Å². The number of hydrogen-bond donors (Lipinski definition) is 1. The summed E-state index contributed by atoms with van der Waals surface area (Å²) in [6.07, 6.45) is 0.820. The Kier molecular flexibility index (Phi) is 7.41. The molecule has 0 spiro atoms. The van der Waals surface area contributed by atoms with Crippen molar-refractivity contribution in [2.75, 3.05) is 14.2 Å². The van der Waals surface area contributed by atoms with Crippen LogP contribution in [0.3, 0.4) is 0 Å². The van der Waals surface area contributed by atoms with Crippen LogP contribution < -0.4 is 10.1 Å². The lowest BCUT2D eigenvalue weighted by atomic mass is 10.1. The van der Waals surface area contributed by atoms with Crippen LogP contribution in [0.1, 0.15) is 30.0 Å². The number of carbonyl (C=O) groups excluding carboxylic acids is 2. The predicted octanol–water partition coefficient (Wildman–Crippen LogP) is 3.10. The second-order valence-electron chi connectivity index (χ2n) is 6.57. The van der Waals surface area contributed by atoms with Crippen LogP contribution in [0.25, 0.3) is 0 Å². The van der Waals surface area contributed by atoms with Gasteiger partial charge in [0.15, 0.2) is 0 Å². The van der Waals surface area contributed by atoms with Crippen LogP contribution in [0.4, 0.5) is 0 Å². The molecule has 0 saturated heterocycles. The number of ether oxygens (including phenoxy) is 1. The number of rotatable bonds is 8. The topological polar surface area (TPSA) is 58.6 Å². The van der Waals surface area contributed by atoms with Crippen LogP contribution in [-0.2, 0) is 22.6 Å². The Bertz CT molecular complexity index is 771. The fraction of sp³-hybridized carbons (Fsp3) is 0.364. The van der Waals surface area contributed by atoms with Gasteiger partial charge in [0, 0.05) is 13.6 Å². The van der Waals surface area contributed by atoms with Crippen LogP contribution >= 0.6 is 0 Å². The number of nitrogens with one attached hydrogen (secondary N) is 1. The Morgan fingerprint density at radius 2 is 1.81 bits per heavy atom. The first-order chi connectivity index (χ1) is 13.0. The van der Waals surface area contributed by atoms with Gasteiger partial charge in [0.1, 0.15) is 11.8 Å². The average molecular weight is 368 g/mol. The molecule has 0 unspecified atom stereocenters. The van der Waals surface area contributed by atoms with Gasteiger partial charge in [0.25, 0.3) is 0 Å². The van der Waals surface area contributed by atoms with E-state index in [0.717, 1.165) is 22.4 Å². The minimum absolute atomic E-state index is 0.0631. The molecule has 144 valence electrons. The smallest absolute Gasteiger partial charge is 0.242 e. The predicted molar refractivity (Wildman–Crippen MR) is 107 cm³/mol. The Balaban J connectivity index is 2.26. The fourth-order valence-electron chi connectivity index (χ4n) is 3.11. The zero-order valence-corrected chi connectivity index (χ0v) is 16.5. The maximum atomic E-state index is 13.1. The molecule has 0 aliphatic carbocycles. The van der Waals surface area contributed by atoms with Gasteiger partial charge in [-0.25, -0.2) is 0 Å². The molecule has 0 fully saturated rings. The second-order valence-corrected chi connectivity index (χ2v) is 6.57. The summed E-state index contributed by atoms with van der Waals surface area (Å²) in [7, 11) is 3.22. The van der Waals surface area contributed by atoms with Gasteiger partial charge in [-0.15, -0.1) is 0 Å². The van der Waals surface area contributed by atoms with Gasteiger partial charge in [0.05, 0.1) is 13.5 Å². The number of methoxy groups -OCH3 is 1. The lowest BCUT2D eigenvalue weighted by molar-refractivity contribution is -0.140. The van der Waals surface area contributed by atoms with E-state index in [-0.39, 0.29) is 18.2 Å². The number of amides is 2. The average Bonchev–Trinajstić information content (AvgIpc) is 2.68. The van der Waals surface area contributed by atoms with Gasteiger partial charge >= 0.3 is 0 Å². The second kappa shape index (κ2) is 9.76. The molecular formula is C22H28N2O3. The normalized spacial score (nSPS) is 11.6. The molecular weight excluding hydrogens is 340 g/mol. The third-order valence-electron chi connectivity index (χ3n) is 4.58. The first kappa shape index (κ1) is 20.5. The Labute approximate surface area is 161 Å². The molecule has 0 aliphatic heterocycles. The third kappa shape index (κ3) is 5.58. The van der Waals surface area contributed by atoms with Crippen molar-refractivity contribution in [3.05, 3.63) is 65.2 Å². The summed E-state index contributed by atoms with van der Waals surface area (Å²) in [5.74, 6) is 0.546. The number of aryl methyl sites for hydroxylation is 1. The number of nitrogens with zero attached hydrogens (tertiary/aromatic N) is 1. The molecule has 5 heteroatoms. The minimum Gasteiger partial charge on any atom is -0.497 e. The van der Waals surface area contributed by atoms with Crippen molar-refractivity contribution in [2.24, 2.45) is 0 Å². The highest BCUT2D eigenvalue weighted by molar-refractivity contribution is 5.88. The van der Waals surface area contributed by atoms with Gasteiger partial charge in [-0.1, -0.05) is 48.9 Å². The third-order valence-corrected chi connectivity index (χ3v) is 4.58. The van der Waals surface area contributed by atoms with Crippen molar-refractivity contribution < 1.29 is 14.3 Å². The number of likely N-dealkylation sites (N-methyl/N-ethyl adjacent to an activating group) is 1. The van der Waals surface area contributed by atoms with E-state index >= 15 is 0 Å². The van der Waals surface area contributed by atoms with Crippen LogP contribution in [0, 0.1) is 6.92 Å². The van der Waals surface area contributed by atoms with E-state index in [9.17, 15) is 9.59 Å². The summed E-state index contributed by atoms with van der Waals surface area (Å²) in [6.45, 7) is 4.30. The van der Waals surface area contributed by atoms with Crippen molar-refractivity contribution in [2.45, 2.75) is 39.3 Å². The van der Waals surface area contributed by atoms with Crippen molar-refractivity contribution in [1.82, 2.24) is 10.2 Å². The van der Waals surface area contributed by atoms with E-state index in [2.05, 4.69) is 5.32 Å². The van der Waals surface area contributed by atoms with Crippen molar-refractivity contribution in [1.29, 1.82) is 0 Å². The molecule has 5 nitrogen and oxygen atoms in total. The molecule has 0 heterocycles.